The summed E-state index contributed by atoms with van der Waals surface area (Å²) in [6.45, 7) is 12.5. The predicted octanol–water partition coefficient (Wildman–Crippen LogP) is 5.40. The van der Waals surface area contributed by atoms with Gasteiger partial charge in [0.15, 0.2) is 11.6 Å². The van der Waals surface area contributed by atoms with Crippen molar-refractivity contribution in [1.29, 1.82) is 0 Å². The number of aryl methyl sites for hydroxylation is 4. The fourth-order valence-electron chi connectivity index (χ4n) is 4.54. The van der Waals surface area contributed by atoms with E-state index in [1.54, 1.807) is 0 Å². The van der Waals surface area contributed by atoms with Gasteiger partial charge in [-0.2, -0.15) is 0 Å². The molecule has 0 radical (unpaired) electrons. The minimum Gasteiger partial charge on any atom is -0.374 e. The van der Waals surface area contributed by atoms with E-state index >= 15 is 0 Å². The molecule has 2 heterocycles. The Hall–Kier alpha value is -2.79. The maximum Gasteiger partial charge on any atom is 0.163 e. The molecular formula is C27H34N4O. The summed E-state index contributed by atoms with van der Waals surface area (Å²) in [6.07, 6.45) is 3.95. The van der Waals surface area contributed by atoms with Crippen molar-refractivity contribution in [2.75, 3.05) is 6.61 Å². The predicted molar refractivity (Wildman–Crippen MR) is 130 cm³/mol. The first-order chi connectivity index (χ1) is 15.6. The molecule has 2 aromatic carbocycles. The fraction of sp³-hybridized carbons (Fsp3) is 0.444. The SMILES string of the molecule is CCOCc1nnc2n1-c1cc(CC)cc(CC)c1C(c1ccc(CC)cc1CC)=NC2. The largest absolute Gasteiger partial charge is 0.374 e. The molecule has 3 aromatic rings. The zero-order chi connectivity index (χ0) is 22.7. The Labute approximate surface area is 191 Å². The maximum atomic E-state index is 5.73. The lowest BCUT2D eigenvalue weighted by atomic mass is 9.88. The minimum absolute atomic E-state index is 0.446. The average Bonchev–Trinajstić information content (AvgIpc) is 3.17. The minimum atomic E-state index is 0.446. The van der Waals surface area contributed by atoms with Crippen LogP contribution < -0.4 is 0 Å². The van der Waals surface area contributed by atoms with Crippen molar-refractivity contribution in [2.45, 2.75) is 73.5 Å². The van der Waals surface area contributed by atoms with Crippen LogP contribution in [0.5, 0.6) is 0 Å². The van der Waals surface area contributed by atoms with E-state index in [-0.39, 0.29) is 0 Å². The molecule has 4 rings (SSSR count). The maximum absolute atomic E-state index is 5.73. The van der Waals surface area contributed by atoms with Crippen molar-refractivity contribution in [3.05, 3.63) is 75.4 Å². The monoisotopic (exact) mass is 430 g/mol. The number of hydrogen-bond acceptors (Lipinski definition) is 4. The van der Waals surface area contributed by atoms with Crippen molar-refractivity contribution in [3.8, 4) is 5.69 Å². The van der Waals surface area contributed by atoms with Gasteiger partial charge in [0, 0.05) is 17.7 Å². The molecule has 0 N–H and O–H groups in total. The Bertz CT molecular complexity index is 1140. The molecule has 0 fully saturated rings. The van der Waals surface area contributed by atoms with E-state index in [1.165, 1.54) is 33.4 Å². The molecule has 0 spiro atoms. The summed E-state index contributed by atoms with van der Waals surface area (Å²) in [5.41, 5.74) is 10.0. The summed E-state index contributed by atoms with van der Waals surface area (Å²) >= 11 is 0. The lowest BCUT2D eigenvalue weighted by Crippen LogP contribution is -2.15. The third kappa shape index (κ3) is 4.02. The summed E-state index contributed by atoms with van der Waals surface area (Å²) in [5.74, 6) is 1.71. The van der Waals surface area contributed by atoms with Gasteiger partial charge in [0.2, 0.25) is 0 Å². The zero-order valence-corrected chi connectivity index (χ0v) is 20.0. The molecule has 0 bridgehead atoms. The molecule has 0 saturated carbocycles. The molecule has 0 saturated heterocycles. The van der Waals surface area contributed by atoms with Crippen molar-refractivity contribution < 1.29 is 4.74 Å². The molecular weight excluding hydrogens is 396 g/mol. The van der Waals surface area contributed by atoms with E-state index in [4.69, 9.17) is 9.73 Å². The highest BCUT2D eigenvalue weighted by Gasteiger charge is 2.26. The lowest BCUT2D eigenvalue weighted by Gasteiger charge is -2.20. The van der Waals surface area contributed by atoms with Gasteiger partial charge in [-0.1, -0.05) is 52.0 Å². The van der Waals surface area contributed by atoms with Gasteiger partial charge in [-0.05, 0) is 60.9 Å². The Morgan fingerprint density at radius 1 is 0.844 bits per heavy atom. The van der Waals surface area contributed by atoms with Crippen LogP contribution in [0.15, 0.2) is 35.3 Å². The lowest BCUT2D eigenvalue weighted by molar-refractivity contribution is 0.127. The molecule has 0 amide bonds. The van der Waals surface area contributed by atoms with Crippen molar-refractivity contribution in [1.82, 2.24) is 14.8 Å². The van der Waals surface area contributed by atoms with Crippen LogP contribution in [0.3, 0.4) is 0 Å². The van der Waals surface area contributed by atoms with Crippen LogP contribution >= 0.6 is 0 Å². The van der Waals surface area contributed by atoms with Gasteiger partial charge in [0.05, 0.1) is 11.4 Å². The van der Waals surface area contributed by atoms with Crippen molar-refractivity contribution >= 4 is 5.71 Å². The van der Waals surface area contributed by atoms with Crippen LogP contribution in [0, 0.1) is 0 Å². The summed E-state index contributed by atoms with van der Waals surface area (Å²) in [6, 6.07) is 11.5. The Morgan fingerprint density at radius 3 is 2.28 bits per heavy atom. The van der Waals surface area contributed by atoms with Crippen LogP contribution in [-0.4, -0.2) is 27.1 Å². The highest BCUT2D eigenvalue weighted by molar-refractivity contribution is 6.17. The van der Waals surface area contributed by atoms with Gasteiger partial charge in [-0.3, -0.25) is 9.56 Å². The second-order valence-electron chi connectivity index (χ2n) is 8.22. The molecule has 0 aliphatic carbocycles. The van der Waals surface area contributed by atoms with E-state index in [1.807, 2.05) is 6.92 Å². The van der Waals surface area contributed by atoms with Gasteiger partial charge in [-0.25, -0.2) is 0 Å². The number of benzene rings is 2. The molecule has 0 unspecified atom stereocenters. The van der Waals surface area contributed by atoms with Gasteiger partial charge in [-0.15, -0.1) is 10.2 Å². The first kappa shape index (κ1) is 22.4. The van der Waals surface area contributed by atoms with Crippen LogP contribution in [0.1, 0.15) is 79.6 Å². The smallest absolute Gasteiger partial charge is 0.163 e. The number of ether oxygens (including phenoxy) is 1. The van der Waals surface area contributed by atoms with E-state index in [9.17, 15) is 0 Å². The van der Waals surface area contributed by atoms with Gasteiger partial charge in [0.1, 0.15) is 13.2 Å². The first-order valence-corrected chi connectivity index (χ1v) is 12.0. The second-order valence-corrected chi connectivity index (χ2v) is 8.22. The average molecular weight is 431 g/mol. The number of hydrogen-bond donors (Lipinski definition) is 0. The summed E-state index contributed by atoms with van der Waals surface area (Å²) in [7, 11) is 0. The quantitative estimate of drug-likeness (QED) is 0.480. The Morgan fingerprint density at radius 2 is 1.59 bits per heavy atom. The van der Waals surface area contributed by atoms with E-state index in [2.05, 4.69) is 72.8 Å². The molecule has 168 valence electrons. The molecule has 1 aromatic heterocycles. The Balaban J connectivity index is 1.99. The third-order valence-electron chi connectivity index (χ3n) is 6.35. The van der Waals surface area contributed by atoms with Crippen LogP contribution in [0.25, 0.3) is 5.69 Å². The summed E-state index contributed by atoms with van der Waals surface area (Å²) in [5, 5.41) is 8.96. The van der Waals surface area contributed by atoms with Crippen molar-refractivity contribution in [3.63, 3.8) is 0 Å². The first-order valence-electron chi connectivity index (χ1n) is 12.0. The zero-order valence-electron chi connectivity index (χ0n) is 20.0. The topological polar surface area (TPSA) is 52.3 Å². The molecule has 5 heteroatoms. The van der Waals surface area contributed by atoms with Gasteiger partial charge < -0.3 is 4.74 Å². The number of aliphatic imine (C=N–C) groups is 1. The van der Waals surface area contributed by atoms with E-state index in [0.29, 0.717) is 19.8 Å². The normalized spacial score (nSPS) is 12.8. The van der Waals surface area contributed by atoms with Crippen LogP contribution in [-0.2, 0) is 43.6 Å². The highest BCUT2D eigenvalue weighted by atomic mass is 16.5. The number of rotatable bonds is 8. The van der Waals surface area contributed by atoms with Gasteiger partial charge >= 0.3 is 0 Å². The highest BCUT2D eigenvalue weighted by Crippen LogP contribution is 2.32. The van der Waals surface area contributed by atoms with E-state index in [0.717, 1.165) is 48.7 Å². The number of aromatic nitrogens is 3. The number of nitrogens with zero attached hydrogens (tertiary/aromatic N) is 4. The number of fused-ring (bicyclic) bond motifs is 3. The molecule has 32 heavy (non-hydrogen) atoms. The van der Waals surface area contributed by atoms with E-state index < -0.39 is 0 Å². The fourth-order valence-corrected chi connectivity index (χ4v) is 4.54. The summed E-state index contributed by atoms with van der Waals surface area (Å²) in [4.78, 5) is 5.15. The Kier molecular flexibility index (Phi) is 6.85. The second kappa shape index (κ2) is 9.78. The molecule has 0 atom stereocenters. The standard InChI is InChI=1S/C27H34N4O/c1-6-18-11-12-22(20(8-3)13-18)27-26-21(9-4)14-19(7-2)15-23(26)31-24(16-28-27)29-30-25(31)17-32-10-5/h11-15H,6-10,16-17H2,1-5H3. The van der Waals surface area contributed by atoms with Gasteiger partial charge in [0.25, 0.3) is 0 Å². The molecule has 1 aliphatic rings. The summed E-state index contributed by atoms with van der Waals surface area (Å²) < 4.78 is 7.91. The van der Waals surface area contributed by atoms with Crippen LogP contribution in [0.2, 0.25) is 0 Å². The van der Waals surface area contributed by atoms with Crippen LogP contribution in [0.4, 0.5) is 0 Å². The third-order valence-corrected chi connectivity index (χ3v) is 6.35. The molecule has 5 nitrogen and oxygen atoms in total. The van der Waals surface area contributed by atoms with Crippen molar-refractivity contribution in [2.24, 2.45) is 4.99 Å². The molecule has 1 aliphatic heterocycles.